The fraction of sp³-hybridized carbons (Fsp3) is 0.192. The standard InChI is InChI=1S/C26H25ClN4O3/c1-34-21-12-6-18(7-13-21)16-29-25(32)17-31-23-5-3-2-4-22(23)30-24(31)14-15-28-26(33)19-8-10-20(27)11-9-19/h2-13H,14-17H2,1H3,(H,28,33)(H,29,32). The zero-order valence-corrected chi connectivity index (χ0v) is 19.5. The average Bonchev–Trinajstić information content (AvgIpc) is 3.20. The first-order chi connectivity index (χ1) is 16.5. The number of benzene rings is 3. The number of amides is 2. The van der Waals surface area contributed by atoms with Crippen LogP contribution in [0.5, 0.6) is 5.75 Å². The molecule has 1 heterocycles. The van der Waals surface area contributed by atoms with E-state index < -0.39 is 0 Å². The predicted molar refractivity (Wildman–Crippen MR) is 132 cm³/mol. The van der Waals surface area contributed by atoms with Crippen LogP contribution in [0.25, 0.3) is 11.0 Å². The van der Waals surface area contributed by atoms with E-state index in [9.17, 15) is 9.59 Å². The van der Waals surface area contributed by atoms with Crippen molar-refractivity contribution < 1.29 is 14.3 Å². The number of para-hydroxylation sites is 2. The Morgan fingerprint density at radius 2 is 1.71 bits per heavy atom. The molecule has 2 amide bonds. The highest BCUT2D eigenvalue weighted by Gasteiger charge is 2.14. The van der Waals surface area contributed by atoms with E-state index in [2.05, 4.69) is 15.6 Å². The van der Waals surface area contributed by atoms with Crippen LogP contribution in [0.2, 0.25) is 5.02 Å². The minimum Gasteiger partial charge on any atom is -0.497 e. The van der Waals surface area contributed by atoms with E-state index >= 15 is 0 Å². The summed E-state index contributed by atoms with van der Waals surface area (Å²) >= 11 is 5.89. The lowest BCUT2D eigenvalue weighted by Gasteiger charge is -2.11. The van der Waals surface area contributed by atoms with Gasteiger partial charge in [-0.1, -0.05) is 35.9 Å². The highest BCUT2D eigenvalue weighted by Crippen LogP contribution is 2.17. The van der Waals surface area contributed by atoms with Crippen LogP contribution in [-0.4, -0.2) is 35.0 Å². The van der Waals surface area contributed by atoms with Crippen molar-refractivity contribution in [1.82, 2.24) is 20.2 Å². The Hall–Kier alpha value is -3.84. The Labute approximate surface area is 202 Å². The van der Waals surface area contributed by atoms with E-state index in [4.69, 9.17) is 16.3 Å². The first-order valence-electron chi connectivity index (χ1n) is 10.9. The number of nitrogens with one attached hydrogen (secondary N) is 2. The molecule has 0 saturated carbocycles. The minimum atomic E-state index is -0.184. The molecule has 2 N–H and O–H groups in total. The predicted octanol–water partition coefficient (Wildman–Crippen LogP) is 3.99. The fourth-order valence-corrected chi connectivity index (χ4v) is 3.75. The number of imidazole rings is 1. The van der Waals surface area contributed by atoms with Crippen molar-refractivity contribution in [3.63, 3.8) is 0 Å². The van der Waals surface area contributed by atoms with Gasteiger partial charge in [0.2, 0.25) is 5.91 Å². The van der Waals surface area contributed by atoms with Gasteiger partial charge in [-0.25, -0.2) is 4.98 Å². The Bertz CT molecular complexity index is 1280. The molecular formula is C26H25ClN4O3. The third-order valence-electron chi connectivity index (χ3n) is 5.42. The molecule has 0 aliphatic rings. The van der Waals surface area contributed by atoms with E-state index in [1.165, 1.54) is 0 Å². The summed E-state index contributed by atoms with van der Waals surface area (Å²) in [5.41, 5.74) is 3.20. The largest absolute Gasteiger partial charge is 0.497 e. The van der Waals surface area contributed by atoms with E-state index in [-0.39, 0.29) is 18.4 Å². The van der Waals surface area contributed by atoms with Crippen molar-refractivity contribution in [3.8, 4) is 5.75 Å². The van der Waals surface area contributed by atoms with Gasteiger partial charge in [-0.15, -0.1) is 0 Å². The van der Waals surface area contributed by atoms with Crippen LogP contribution in [-0.2, 0) is 24.3 Å². The zero-order chi connectivity index (χ0) is 23.9. The van der Waals surface area contributed by atoms with Gasteiger partial charge in [0.25, 0.3) is 5.91 Å². The van der Waals surface area contributed by atoms with E-state index in [1.54, 1.807) is 31.4 Å². The number of nitrogens with zero attached hydrogens (tertiary/aromatic N) is 2. The maximum Gasteiger partial charge on any atom is 0.251 e. The van der Waals surface area contributed by atoms with Gasteiger partial charge in [0.05, 0.1) is 18.1 Å². The van der Waals surface area contributed by atoms with Crippen molar-refractivity contribution in [2.45, 2.75) is 19.5 Å². The quantitative estimate of drug-likeness (QED) is 0.382. The third-order valence-corrected chi connectivity index (χ3v) is 5.68. The maximum atomic E-state index is 12.7. The minimum absolute atomic E-state index is 0.120. The van der Waals surface area contributed by atoms with Gasteiger partial charge in [-0.05, 0) is 54.1 Å². The molecule has 0 bridgehead atoms. The maximum absolute atomic E-state index is 12.7. The molecule has 4 rings (SSSR count). The second-order valence-electron chi connectivity index (χ2n) is 7.74. The second kappa shape index (κ2) is 10.9. The summed E-state index contributed by atoms with van der Waals surface area (Å²) < 4.78 is 7.06. The molecule has 4 aromatic rings. The molecule has 0 radical (unpaired) electrons. The van der Waals surface area contributed by atoms with Crippen molar-refractivity contribution in [3.05, 3.63) is 94.8 Å². The molecule has 0 aliphatic heterocycles. The molecule has 34 heavy (non-hydrogen) atoms. The molecular weight excluding hydrogens is 452 g/mol. The summed E-state index contributed by atoms with van der Waals surface area (Å²) in [5.74, 6) is 1.20. The number of rotatable bonds is 9. The van der Waals surface area contributed by atoms with Crippen LogP contribution >= 0.6 is 11.6 Å². The van der Waals surface area contributed by atoms with Gasteiger partial charge in [-0.2, -0.15) is 0 Å². The van der Waals surface area contributed by atoms with Crippen molar-refractivity contribution in [1.29, 1.82) is 0 Å². The lowest BCUT2D eigenvalue weighted by Crippen LogP contribution is -2.29. The van der Waals surface area contributed by atoms with Crippen LogP contribution in [0.15, 0.2) is 72.8 Å². The molecule has 1 aromatic heterocycles. The monoisotopic (exact) mass is 476 g/mol. The molecule has 0 fully saturated rings. The van der Waals surface area contributed by atoms with Crippen molar-refractivity contribution >= 4 is 34.4 Å². The molecule has 8 heteroatoms. The third kappa shape index (κ3) is 5.74. The second-order valence-corrected chi connectivity index (χ2v) is 8.18. The number of ether oxygens (including phenoxy) is 1. The first kappa shape index (κ1) is 23.3. The molecule has 0 spiro atoms. The Kier molecular flexibility index (Phi) is 7.44. The number of carbonyl (C=O) groups is 2. The van der Waals surface area contributed by atoms with Crippen molar-refractivity contribution in [2.75, 3.05) is 13.7 Å². The number of carbonyl (C=O) groups excluding carboxylic acids is 2. The van der Waals surface area contributed by atoms with Crippen molar-refractivity contribution in [2.24, 2.45) is 0 Å². The van der Waals surface area contributed by atoms with E-state index in [0.29, 0.717) is 30.1 Å². The number of hydrogen-bond donors (Lipinski definition) is 2. The lowest BCUT2D eigenvalue weighted by atomic mass is 10.2. The normalized spacial score (nSPS) is 10.8. The topological polar surface area (TPSA) is 85.2 Å². The number of methoxy groups -OCH3 is 1. The highest BCUT2D eigenvalue weighted by molar-refractivity contribution is 6.30. The zero-order valence-electron chi connectivity index (χ0n) is 18.8. The Morgan fingerprint density at radius 3 is 2.44 bits per heavy atom. The lowest BCUT2D eigenvalue weighted by molar-refractivity contribution is -0.121. The highest BCUT2D eigenvalue weighted by atomic mass is 35.5. The smallest absolute Gasteiger partial charge is 0.251 e. The van der Waals surface area contributed by atoms with Crippen LogP contribution in [0.3, 0.4) is 0 Å². The summed E-state index contributed by atoms with van der Waals surface area (Å²) in [7, 11) is 1.62. The number of hydrogen-bond acceptors (Lipinski definition) is 4. The van der Waals surface area contributed by atoms with Crippen LogP contribution in [0, 0.1) is 0 Å². The molecule has 0 atom stereocenters. The van der Waals surface area contributed by atoms with Gasteiger partial charge in [0, 0.05) is 30.1 Å². The summed E-state index contributed by atoms with van der Waals surface area (Å²) in [6, 6.07) is 22.0. The number of fused-ring (bicyclic) bond motifs is 1. The summed E-state index contributed by atoms with van der Waals surface area (Å²) in [4.78, 5) is 29.8. The molecule has 0 saturated heterocycles. The molecule has 3 aromatic carbocycles. The van der Waals surface area contributed by atoms with Gasteiger partial charge >= 0.3 is 0 Å². The number of halogens is 1. The molecule has 7 nitrogen and oxygen atoms in total. The van der Waals surface area contributed by atoms with Gasteiger partial charge < -0.3 is 19.9 Å². The molecule has 0 aliphatic carbocycles. The van der Waals surface area contributed by atoms with Crippen LogP contribution in [0.1, 0.15) is 21.7 Å². The van der Waals surface area contributed by atoms with Gasteiger partial charge in [0.15, 0.2) is 0 Å². The van der Waals surface area contributed by atoms with E-state index in [0.717, 1.165) is 28.2 Å². The van der Waals surface area contributed by atoms with Gasteiger partial charge in [0.1, 0.15) is 18.1 Å². The Morgan fingerprint density at radius 1 is 0.971 bits per heavy atom. The van der Waals surface area contributed by atoms with E-state index in [1.807, 2.05) is 53.1 Å². The summed E-state index contributed by atoms with van der Waals surface area (Å²) in [6.45, 7) is 0.942. The average molecular weight is 477 g/mol. The summed E-state index contributed by atoms with van der Waals surface area (Å²) in [6.07, 6.45) is 0.486. The van der Waals surface area contributed by atoms with Gasteiger partial charge in [-0.3, -0.25) is 9.59 Å². The Balaban J connectivity index is 1.40. The first-order valence-corrected chi connectivity index (χ1v) is 11.3. The molecule has 0 unspecified atom stereocenters. The fourth-order valence-electron chi connectivity index (χ4n) is 3.63. The number of aromatic nitrogens is 2. The summed E-state index contributed by atoms with van der Waals surface area (Å²) in [5, 5.41) is 6.44. The SMILES string of the molecule is COc1ccc(CNC(=O)Cn2c(CCNC(=O)c3ccc(Cl)cc3)nc3ccccc32)cc1. The molecule has 174 valence electrons. The van der Waals surface area contributed by atoms with Crippen LogP contribution < -0.4 is 15.4 Å². The van der Waals surface area contributed by atoms with Crippen LogP contribution in [0.4, 0.5) is 0 Å².